The van der Waals surface area contributed by atoms with Gasteiger partial charge in [-0.3, -0.25) is 0 Å². The molecule has 4 nitrogen and oxygen atoms in total. The molecule has 0 radical (unpaired) electrons. The number of hydrogen-bond acceptors (Lipinski definition) is 3. The van der Waals surface area contributed by atoms with Crippen molar-refractivity contribution < 1.29 is 18.3 Å². The second-order valence-corrected chi connectivity index (χ2v) is 5.89. The fourth-order valence-electron chi connectivity index (χ4n) is 1.72. The smallest absolute Gasteiger partial charge is 0.410 e. The summed E-state index contributed by atoms with van der Waals surface area (Å²) >= 11 is 0. The predicted octanol–water partition coefficient (Wildman–Crippen LogP) is 2.92. The van der Waals surface area contributed by atoms with Crippen molar-refractivity contribution in [2.75, 3.05) is 13.1 Å². The van der Waals surface area contributed by atoms with Crippen LogP contribution >= 0.6 is 0 Å². The molecule has 2 N–H and O–H groups in total. The second-order valence-electron chi connectivity index (χ2n) is 5.89. The molecule has 1 aliphatic rings. The zero-order chi connectivity index (χ0) is 16.0. The van der Waals surface area contributed by atoms with Crippen molar-refractivity contribution in [3.63, 3.8) is 0 Å². The van der Waals surface area contributed by atoms with Gasteiger partial charge in [0.2, 0.25) is 0 Å². The minimum absolute atomic E-state index is 0.118. The van der Waals surface area contributed by atoms with E-state index in [9.17, 15) is 13.6 Å². The van der Waals surface area contributed by atoms with Crippen molar-refractivity contribution in [1.82, 2.24) is 4.90 Å². The van der Waals surface area contributed by atoms with Crippen LogP contribution in [0.2, 0.25) is 0 Å². The number of benzene rings is 1. The van der Waals surface area contributed by atoms with Crippen LogP contribution in [-0.2, 0) is 4.74 Å². The summed E-state index contributed by atoms with van der Waals surface area (Å²) in [7, 11) is 0. The molecule has 0 saturated carbocycles. The first-order valence-corrected chi connectivity index (χ1v) is 6.82. The van der Waals surface area contributed by atoms with E-state index >= 15 is 0 Å². The maximum absolute atomic E-state index is 11.9. The fraction of sp³-hybridized carbons (Fsp3) is 0.533. The van der Waals surface area contributed by atoms with E-state index in [1.165, 1.54) is 12.1 Å². The number of carbonyl (C=O) groups is 1. The molecule has 1 aromatic rings. The largest absolute Gasteiger partial charge is 0.444 e. The van der Waals surface area contributed by atoms with Crippen LogP contribution in [0, 0.1) is 11.6 Å². The second kappa shape index (κ2) is 7.36. The van der Waals surface area contributed by atoms with Gasteiger partial charge < -0.3 is 15.4 Å². The number of nitrogens with two attached hydrogens (primary N) is 1. The van der Waals surface area contributed by atoms with E-state index in [2.05, 4.69) is 0 Å². The third kappa shape index (κ3) is 6.53. The van der Waals surface area contributed by atoms with Crippen molar-refractivity contribution in [2.45, 2.75) is 38.8 Å². The molecule has 1 atom stereocenters. The first-order valence-electron chi connectivity index (χ1n) is 6.82. The van der Waals surface area contributed by atoms with Gasteiger partial charge in [-0.1, -0.05) is 12.1 Å². The molecule has 0 spiro atoms. The van der Waals surface area contributed by atoms with Gasteiger partial charge in [0.15, 0.2) is 11.6 Å². The van der Waals surface area contributed by atoms with Gasteiger partial charge in [-0.05, 0) is 39.3 Å². The molecule has 1 aliphatic heterocycles. The Bertz CT molecular complexity index is 454. The Balaban J connectivity index is 0.000000235. The van der Waals surface area contributed by atoms with E-state index in [0.717, 1.165) is 25.1 Å². The molecule has 21 heavy (non-hydrogen) atoms. The molecule has 1 fully saturated rings. The molecule has 1 aromatic carbocycles. The molecule has 6 heteroatoms. The Morgan fingerprint density at radius 1 is 1.29 bits per heavy atom. The van der Waals surface area contributed by atoms with Crippen molar-refractivity contribution in [3.8, 4) is 0 Å². The number of ether oxygens (including phenoxy) is 1. The molecule has 118 valence electrons. The maximum Gasteiger partial charge on any atom is 0.410 e. The van der Waals surface area contributed by atoms with Crippen molar-refractivity contribution >= 4 is 6.09 Å². The lowest BCUT2D eigenvalue weighted by Gasteiger charge is -2.24. The van der Waals surface area contributed by atoms with Gasteiger partial charge in [0.05, 0.1) is 0 Å². The van der Waals surface area contributed by atoms with Crippen LogP contribution < -0.4 is 5.73 Å². The van der Waals surface area contributed by atoms with Crippen LogP contribution in [0.3, 0.4) is 0 Å². The van der Waals surface area contributed by atoms with Gasteiger partial charge >= 0.3 is 6.09 Å². The highest BCUT2D eigenvalue weighted by atomic mass is 19.2. The monoisotopic (exact) mass is 300 g/mol. The van der Waals surface area contributed by atoms with Gasteiger partial charge in [-0.2, -0.15) is 0 Å². The third-order valence-electron chi connectivity index (χ3n) is 2.70. The van der Waals surface area contributed by atoms with Crippen LogP contribution in [-0.4, -0.2) is 35.7 Å². The molecular weight excluding hydrogens is 278 g/mol. The number of halogens is 2. The molecule has 1 amide bonds. The Morgan fingerprint density at radius 3 is 2.14 bits per heavy atom. The molecule has 2 rings (SSSR count). The number of hydrogen-bond donors (Lipinski definition) is 1. The average molecular weight is 300 g/mol. The number of amides is 1. The summed E-state index contributed by atoms with van der Waals surface area (Å²) in [6.45, 7) is 6.92. The van der Waals surface area contributed by atoms with Crippen molar-refractivity contribution in [3.05, 3.63) is 35.9 Å². The Hall–Kier alpha value is -1.69. The fourth-order valence-corrected chi connectivity index (χ4v) is 1.72. The average Bonchev–Trinajstić information content (AvgIpc) is 2.79. The van der Waals surface area contributed by atoms with E-state index in [0.29, 0.717) is 6.54 Å². The highest BCUT2D eigenvalue weighted by molar-refractivity contribution is 5.68. The van der Waals surface area contributed by atoms with E-state index in [1.807, 2.05) is 20.8 Å². The summed E-state index contributed by atoms with van der Waals surface area (Å²) in [5, 5.41) is 0. The third-order valence-corrected chi connectivity index (χ3v) is 2.70. The molecular formula is C15H22F2N2O2. The van der Waals surface area contributed by atoms with Gasteiger partial charge in [0.25, 0.3) is 0 Å². The zero-order valence-electron chi connectivity index (χ0n) is 12.6. The zero-order valence-corrected chi connectivity index (χ0v) is 12.6. The van der Waals surface area contributed by atoms with E-state index < -0.39 is 17.2 Å². The van der Waals surface area contributed by atoms with Crippen LogP contribution in [0.25, 0.3) is 0 Å². The van der Waals surface area contributed by atoms with E-state index in [1.54, 1.807) is 4.90 Å². The lowest BCUT2D eigenvalue weighted by Crippen LogP contribution is -2.36. The number of rotatable bonds is 0. The first kappa shape index (κ1) is 17.4. The molecule has 0 aromatic heterocycles. The molecule has 0 bridgehead atoms. The molecule has 1 saturated heterocycles. The normalized spacial score (nSPS) is 18.0. The van der Waals surface area contributed by atoms with Crippen LogP contribution in [0.4, 0.5) is 13.6 Å². The Kier molecular flexibility index (Phi) is 6.08. The van der Waals surface area contributed by atoms with Gasteiger partial charge in [-0.25, -0.2) is 13.6 Å². The highest BCUT2D eigenvalue weighted by Gasteiger charge is 2.27. The maximum atomic E-state index is 11.9. The van der Waals surface area contributed by atoms with Crippen LogP contribution in [0.15, 0.2) is 24.3 Å². The summed E-state index contributed by atoms with van der Waals surface area (Å²) < 4.78 is 29.1. The number of carbonyl (C=O) groups excluding carboxylic acids is 1. The quantitative estimate of drug-likeness (QED) is 0.801. The minimum atomic E-state index is -0.799. The summed E-state index contributed by atoms with van der Waals surface area (Å²) in [6.07, 6.45) is 0.625. The van der Waals surface area contributed by atoms with E-state index in [4.69, 9.17) is 10.5 Å². The summed E-state index contributed by atoms with van der Waals surface area (Å²) in [5.74, 6) is -1.60. The van der Waals surface area contributed by atoms with Crippen molar-refractivity contribution in [1.29, 1.82) is 0 Å². The topological polar surface area (TPSA) is 55.6 Å². The SMILES string of the molecule is CC(C)(C)OC(=O)N1CCC(N)C1.Fc1ccccc1F. The van der Waals surface area contributed by atoms with E-state index in [-0.39, 0.29) is 12.1 Å². The standard InChI is InChI=1S/C9H18N2O2.C6H4F2/c1-9(2,3)13-8(12)11-5-4-7(10)6-11;7-5-3-1-2-4-6(5)8/h7H,4-6,10H2,1-3H3;1-4H. The van der Waals surface area contributed by atoms with Crippen LogP contribution in [0.1, 0.15) is 27.2 Å². The molecule has 1 unspecified atom stereocenters. The van der Waals surface area contributed by atoms with Crippen LogP contribution in [0.5, 0.6) is 0 Å². The summed E-state index contributed by atoms with van der Waals surface area (Å²) in [4.78, 5) is 13.1. The highest BCUT2D eigenvalue weighted by Crippen LogP contribution is 2.13. The lowest BCUT2D eigenvalue weighted by molar-refractivity contribution is 0.0292. The summed E-state index contributed by atoms with van der Waals surface area (Å²) in [5.41, 5.74) is 5.26. The van der Waals surface area contributed by atoms with Gasteiger partial charge in [-0.15, -0.1) is 0 Å². The summed E-state index contributed by atoms with van der Waals surface area (Å²) in [6, 6.07) is 5.16. The molecule has 0 aliphatic carbocycles. The number of likely N-dealkylation sites (tertiary alicyclic amines) is 1. The predicted molar refractivity (Wildman–Crippen MR) is 76.8 cm³/mol. The number of nitrogens with zero attached hydrogens (tertiary/aromatic N) is 1. The minimum Gasteiger partial charge on any atom is -0.444 e. The molecule has 1 heterocycles. The van der Waals surface area contributed by atoms with Crippen molar-refractivity contribution in [2.24, 2.45) is 5.73 Å². The Labute approximate surface area is 123 Å². The van der Waals surface area contributed by atoms with Gasteiger partial charge in [0, 0.05) is 19.1 Å². The first-order chi connectivity index (χ1) is 9.69. The Morgan fingerprint density at radius 2 is 1.81 bits per heavy atom. The lowest BCUT2D eigenvalue weighted by atomic mass is 10.2. The van der Waals surface area contributed by atoms with Gasteiger partial charge in [0.1, 0.15) is 5.60 Å².